The van der Waals surface area contributed by atoms with E-state index in [1.807, 2.05) is 0 Å². The Bertz CT molecular complexity index is 454. The van der Waals surface area contributed by atoms with Crippen LogP contribution in [0.4, 0.5) is 0 Å². The maximum atomic E-state index is 12.0. The van der Waals surface area contributed by atoms with Crippen molar-refractivity contribution in [3.05, 3.63) is 12.0 Å². The lowest BCUT2D eigenvalue weighted by molar-refractivity contribution is 0.443. The van der Waals surface area contributed by atoms with Crippen molar-refractivity contribution in [3.8, 4) is 0 Å². The minimum atomic E-state index is -3.44. The number of aromatic nitrogens is 2. The Morgan fingerprint density at radius 3 is 2.67 bits per heavy atom. The van der Waals surface area contributed by atoms with Gasteiger partial charge in [0.2, 0.25) is 0 Å². The van der Waals surface area contributed by atoms with Crippen molar-refractivity contribution in [2.75, 3.05) is 6.54 Å². The van der Waals surface area contributed by atoms with Gasteiger partial charge in [0.25, 0.3) is 10.0 Å². The number of H-pyrrole nitrogens is 1. The van der Waals surface area contributed by atoms with Gasteiger partial charge in [-0.25, -0.2) is 18.1 Å². The molecular formula is C12H23N3O2S. The molecule has 0 aliphatic heterocycles. The molecular weight excluding hydrogens is 250 g/mol. The second kappa shape index (κ2) is 6.89. The van der Waals surface area contributed by atoms with Gasteiger partial charge in [-0.3, -0.25) is 0 Å². The Labute approximate surface area is 109 Å². The van der Waals surface area contributed by atoms with Crippen LogP contribution < -0.4 is 4.72 Å². The second-order valence-electron chi connectivity index (χ2n) is 4.60. The summed E-state index contributed by atoms with van der Waals surface area (Å²) < 4.78 is 26.6. The Morgan fingerprint density at radius 2 is 2.17 bits per heavy atom. The van der Waals surface area contributed by atoms with Crippen molar-refractivity contribution >= 4 is 10.0 Å². The molecule has 0 spiro atoms. The van der Waals surface area contributed by atoms with E-state index < -0.39 is 10.0 Å². The van der Waals surface area contributed by atoms with E-state index in [1.54, 1.807) is 6.92 Å². The molecule has 104 valence electrons. The van der Waals surface area contributed by atoms with Gasteiger partial charge in [0.15, 0.2) is 5.03 Å². The highest BCUT2D eigenvalue weighted by Gasteiger charge is 2.17. The topological polar surface area (TPSA) is 74.8 Å². The van der Waals surface area contributed by atoms with Crippen LogP contribution in [0.1, 0.15) is 45.4 Å². The molecule has 0 aromatic carbocycles. The molecule has 1 unspecified atom stereocenters. The third-order valence-electron chi connectivity index (χ3n) is 3.07. The fourth-order valence-corrected chi connectivity index (χ4v) is 2.87. The quantitative estimate of drug-likeness (QED) is 0.762. The number of hydrogen-bond donors (Lipinski definition) is 2. The molecule has 0 radical (unpaired) electrons. The predicted molar refractivity (Wildman–Crippen MR) is 71.8 cm³/mol. The number of nitrogens with one attached hydrogen (secondary N) is 2. The summed E-state index contributed by atoms with van der Waals surface area (Å²) in [7, 11) is -3.44. The molecule has 0 aliphatic rings. The van der Waals surface area contributed by atoms with Crippen molar-refractivity contribution in [2.24, 2.45) is 5.92 Å². The molecule has 1 aromatic rings. The summed E-state index contributed by atoms with van der Waals surface area (Å²) in [5, 5.41) is 0.144. The zero-order chi connectivity index (χ0) is 13.6. The summed E-state index contributed by atoms with van der Waals surface area (Å²) in [6.07, 6.45) is 5.69. The summed E-state index contributed by atoms with van der Waals surface area (Å²) in [6, 6.07) is 0. The van der Waals surface area contributed by atoms with Crippen LogP contribution in [0.3, 0.4) is 0 Å². The number of aromatic amines is 1. The average molecular weight is 273 g/mol. The molecule has 0 aliphatic carbocycles. The van der Waals surface area contributed by atoms with Gasteiger partial charge in [-0.1, -0.05) is 33.1 Å². The lowest BCUT2D eigenvalue weighted by atomic mass is 10.00. The smallest absolute Gasteiger partial charge is 0.257 e. The van der Waals surface area contributed by atoms with E-state index in [9.17, 15) is 8.42 Å². The number of nitrogens with zero attached hydrogens (tertiary/aromatic N) is 1. The van der Waals surface area contributed by atoms with Gasteiger partial charge in [-0.2, -0.15) is 0 Å². The van der Waals surface area contributed by atoms with Gasteiger partial charge in [-0.15, -0.1) is 0 Å². The van der Waals surface area contributed by atoms with Crippen LogP contribution in [0.15, 0.2) is 11.2 Å². The first kappa shape index (κ1) is 15.2. The zero-order valence-electron chi connectivity index (χ0n) is 11.4. The molecule has 6 heteroatoms. The minimum absolute atomic E-state index is 0.144. The standard InChI is InChI=1S/C12H23N3O2S/c1-4-6-7-11(5-2)8-14-18(16,17)12-9-13-10(3)15-12/h9,11,14H,4-8H2,1-3H3,(H,13,15). The summed E-state index contributed by atoms with van der Waals surface area (Å²) in [6.45, 7) is 6.46. The van der Waals surface area contributed by atoms with Crippen molar-refractivity contribution in [1.82, 2.24) is 14.7 Å². The molecule has 0 saturated heterocycles. The highest BCUT2D eigenvalue weighted by Crippen LogP contribution is 2.13. The number of aryl methyl sites for hydroxylation is 1. The molecule has 18 heavy (non-hydrogen) atoms. The molecule has 0 bridgehead atoms. The Kier molecular flexibility index (Phi) is 5.81. The van der Waals surface area contributed by atoms with Crippen LogP contribution in [0.5, 0.6) is 0 Å². The third-order valence-corrected chi connectivity index (χ3v) is 4.41. The molecule has 1 rings (SSSR count). The fourth-order valence-electron chi connectivity index (χ4n) is 1.78. The van der Waals surface area contributed by atoms with E-state index in [0.29, 0.717) is 18.3 Å². The van der Waals surface area contributed by atoms with Crippen LogP contribution in [0.2, 0.25) is 0 Å². The van der Waals surface area contributed by atoms with Crippen molar-refractivity contribution < 1.29 is 8.42 Å². The molecule has 0 saturated carbocycles. The molecule has 1 heterocycles. The number of unbranched alkanes of at least 4 members (excludes halogenated alkanes) is 1. The van der Waals surface area contributed by atoms with E-state index in [4.69, 9.17) is 0 Å². The summed E-state index contributed by atoms with van der Waals surface area (Å²) in [4.78, 5) is 6.64. The molecule has 5 nitrogen and oxygen atoms in total. The van der Waals surface area contributed by atoms with Crippen molar-refractivity contribution in [2.45, 2.75) is 51.5 Å². The summed E-state index contributed by atoms with van der Waals surface area (Å²) >= 11 is 0. The predicted octanol–water partition coefficient (Wildman–Crippen LogP) is 2.21. The molecule has 0 amide bonds. The van der Waals surface area contributed by atoms with Gasteiger partial charge < -0.3 is 4.98 Å². The van der Waals surface area contributed by atoms with Gasteiger partial charge in [-0.05, 0) is 19.3 Å². The van der Waals surface area contributed by atoms with Gasteiger partial charge in [0.1, 0.15) is 5.82 Å². The Hall–Kier alpha value is -0.880. The zero-order valence-corrected chi connectivity index (χ0v) is 12.2. The van der Waals surface area contributed by atoms with Gasteiger partial charge >= 0.3 is 0 Å². The first-order valence-electron chi connectivity index (χ1n) is 6.50. The van der Waals surface area contributed by atoms with Crippen LogP contribution in [-0.4, -0.2) is 24.9 Å². The maximum absolute atomic E-state index is 12.0. The second-order valence-corrected chi connectivity index (χ2v) is 6.34. The van der Waals surface area contributed by atoms with E-state index in [-0.39, 0.29) is 5.03 Å². The lowest BCUT2D eigenvalue weighted by Crippen LogP contribution is -2.29. The van der Waals surface area contributed by atoms with E-state index in [0.717, 1.165) is 25.7 Å². The van der Waals surface area contributed by atoms with E-state index in [2.05, 4.69) is 28.5 Å². The van der Waals surface area contributed by atoms with Crippen LogP contribution in [-0.2, 0) is 10.0 Å². The Morgan fingerprint density at radius 1 is 1.44 bits per heavy atom. The Balaban J connectivity index is 2.55. The number of imidazole rings is 1. The normalized spacial score (nSPS) is 13.7. The minimum Gasteiger partial charge on any atom is -0.332 e. The largest absolute Gasteiger partial charge is 0.332 e. The number of sulfonamides is 1. The SMILES string of the molecule is CCCCC(CC)CNS(=O)(=O)c1cnc(C)[nH]1. The average Bonchev–Trinajstić information content (AvgIpc) is 2.77. The highest BCUT2D eigenvalue weighted by atomic mass is 32.2. The van der Waals surface area contributed by atoms with Gasteiger partial charge in [0, 0.05) is 6.54 Å². The number of rotatable bonds is 8. The first-order valence-corrected chi connectivity index (χ1v) is 7.99. The molecule has 0 fully saturated rings. The van der Waals surface area contributed by atoms with Gasteiger partial charge in [0.05, 0.1) is 6.20 Å². The first-order chi connectivity index (χ1) is 8.49. The highest BCUT2D eigenvalue weighted by molar-refractivity contribution is 7.89. The van der Waals surface area contributed by atoms with E-state index in [1.165, 1.54) is 6.20 Å². The monoisotopic (exact) mass is 273 g/mol. The molecule has 1 atom stereocenters. The molecule has 2 N–H and O–H groups in total. The van der Waals surface area contributed by atoms with Crippen LogP contribution in [0.25, 0.3) is 0 Å². The van der Waals surface area contributed by atoms with E-state index >= 15 is 0 Å². The van der Waals surface area contributed by atoms with Crippen LogP contribution >= 0.6 is 0 Å². The third kappa shape index (κ3) is 4.42. The number of hydrogen-bond acceptors (Lipinski definition) is 3. The summed E-state index contributed by atoms with van der Waals surface area (Å²) in [5.74, 6) is 1.01. The maximum Gasteiger partial charge on any atom is 0.257 e. The summed E-state index contributed by atoms with van der Waals surface area (Å²) in [5.41, 5.74) is 0. The van der Waals surface area contributed by atoms with Crippen molar-refractivity contribution in [1.29, 1.82) is 0 Å². The van der Waals surface area contributed by atoms with Crippen LogP contribution in [0, 0.1) is 12.8 Å². The molecule has 1 aromatic heterocycles. The lowest BCUT2D eigenvalue weighted by Gasteiger charge is -2.14. The fraction of sp³-hybridized carbons (Fsp3) is 0.750. The van der Waals surface area contributed by atoms with Crippen molar-refractivity contribution in [3.63, 3.8) is 0 Å².